The maximum Gasteiger partial charge on any atom is 0.252 e. The lowest BCUT2D eigenvalue weighted by atomic mass is 9.33. The summed E-state index contributed by atoms with van der Waals surface area (Å²) >= 11 is 0. The third-order valence-corrected chi connectivity index (χ3v) is 24.1. The van der Waals surface area contributed by atoms with Crippen LogP contribution in [-0.4, -0.2) is 15.8 Å². The normalized spacial score (nSPS) is 13.6. The minimum Gasteiger partial charge on any atom is -0.311 e. The number of fused-ring (bicyclic) bond motifs is 10. The molecule has 111 heavy (non-hydrogen) atoms. The highest BCUT2D eigenvalue weighted by atomic mass is 15.2. The van der Waals surface area contributed by atoms with Crippen molar-refractivity contribution in [3.63, 3.8) is 0 Å². The van der Waals surface area contributed by atoms with Gasteiger partial charge < -0.3 is 18.9 Å². The molecule has 0 radical (unpaired) electrons. The topological polar surface area (TPSA) is 16.3 Å². The zero-order valence-electron chi connectivity index (χ0n) is 69.3. The Bertz CT molecular complexity index is 5790. The largest absolute Gasteiger partial charge is 0.311 e. The van der Waals surface area contributed by atoms with Crippen molar-refractivity contribution in [2.75, 3.05) is 9.80 Å². The molecule has 2 aliphatic heterocycles. The molecule has 2 aromatic heterocycles. The van der Waals surface area contributed by atoms with E-state index in [0.717, 1.165) is 34.1 Å². The third kappa shape index (κ3) is 12.5. The minimum atomic E-state index is -0.337. The number of benzene rings is 13. The van der Waals surface area contributed by atoms with Gasteiger partial charge >= 0.3 is 0 Å². The zero-order chi connectivity index (χ0) is 78.1. The van der Waals surface area contributed by atoms with Gasteiger partial charge in [0, 0.05) is 66.8 Å². The lowest BCUT2D eigenvalue weighted by Crippen LogP contribution is -2.61. The van der Waals surface area contributed by atoms with Crippen LogP contribution in [-0.2, 0) is 37.9 Å². The molecule has 554 valence electrons. The van der Waals surface area contributed by atoms with Crippen LogP contribution in [0.3, 0.4) is 0 Å². The van der Waals surface area contributed by atoms with Gasteiger partial charge in [0.1, 0.15) is 0 Å². The molecule has 0 amide bonds. The van der Waals surface area contributed by atoms with E-state index in [4.69, 9.17) is 0 Å². The summed E-state index contributed by atoms with van der Waals surface area (Å²) in [6, 6.07) is 105. The lowest BCUT2D eigenvalue weighted by molar-refractivity contribution is 0.578. The van der Waals surface area contributed by atoms with Gasteiger partial charge in [-0.25, -0.2) is 0 Å². The van der Waals surface area contributed by atoms with Crippen LogP contribution in [0.25, 0.3) is 99.5 Å². The molecule has 0 aliphatic carbocycles. The maximum absolute atomic E-state index is 2.75. The Labute approximate surface area is 660 Å². The standard InChI is InChI=1S/C106H107BN4/c1-100(2,3)70-34-30-32-66(56-70)77-50-44-68(83-60-72(102(7,8)9)46-52-85(83)105(16,17)18)58-93(77)110-95-64-75(108-89-40-26-22-36-79(89)80-37-23-27-41-90(80)108)48-54-87(95)107-88-55-49-76(109-91-42-28-24-38-81(91)82-39-25-29-43-92(82)109)65-96(88)111(98-63-74(104(13,14)15)62-97(110)99(98)107)94-59-69(45-51-78(94)67-33-31-35-71(57-67)101(4,5)6)84-61-73(103(10,11)12)47-53-86(84)106(19,20)21/h22-65H,1-21H3. The van der Waals surface area contributed by atoms with Crippen molar-refractivity contribution < 1.29 is 0 Å². The molecular formula is C106H107BN4. The van der Waals surface area contributed by atoms with E-state index in [1.165, 1.54) is 155 Å². The third-order valence-electron chi connectivity index (χ3n) is 24.1. The van der Waals surface area contributed by atoms with Crippen LogP contribution in [0, 0.1) is 0 Å². The average molecular weight is 1450 g/mol. The van der Waals surface area contributed by atoms with Gasteiger partial charge in [0.05, 0.1) is 33.4 Å². The first-order valence-electron chi connectivity index (χ1n) is 40.3. The molecule has 0 bridgehead atoms. The van der Waals surface area contributed by atoms with E-state index in [0.29, 0.717) is 0 Å². The number of anilines is 6. The Hall–Kier alpha value is -10.9. The van der Waals surface area contributed by atoms with Gasteiger partial charge in [0.25, 0.3) is 6.71 Å². The van der Waals surface area contributed by atoms with Crippen molar-refractivity contribution >= 4 is 101 Å². The molecule has 13 aromatic carbocycles. The first kappa shape index (κ1) is 73.0. The Morgan fingerprint density at radius 3 is 0.874 bits per heavy atom. The summed E-state index contributed by atoms with van der Waals surface area (Å²) in [6.07, 6.45) is 0. The van der Waals surface area contributed by atoms with Gasteiger partial charge in [-0.2, -0.15) is 0 Å². The monoisotopic (exact) mass is 1450 g/mol. The fourth-order valence-corrected chi connectivity index (χ4v) is 18.0. The number of para-hydroxylation sites is 4. The van der Waals surface area contributed by atoms with E-state index in [1.807, 2.05) is 0 Å². The van der Waals surface area contributed by atoms with Crippen molar-refractivity contribution in [2.24, 2.45) is 0 Å². The Kier molecular flexibility index (Phi) is 17.0. The van der Waals surface area contributed by atoms with E-state index >= 15 is 0 Å². The van der Waals surface area contributed by atoms with Crippen molar-refractivity contribution in [1.82, 2.24) is 9.13 Å². The number of hydrogen-bond acceptors (Lipinski definition) is 2. The minimum absolute atomic E-state index is 0.0929. The van der Waals surface area contributed by atoms with Crippen LogP contribution in [0.1, 0.15) is 184 Å². The predicted molar refractivity (Wildman–Crippen MR) is 482 cm³/mol. The van der Waals surface area contributed by atoms with Crippen molar-refractivity contribution in [3.8, 4) is 55.9 Å². The highest BCUT2D eigenvalue weighted by Crippen LogP contribution is 2.54. The second-order valence-electron chi connectivity index (χ2n) is 39.2. The van der Waals surface area contributed by atoms with Crippen molar-refractivity contribution in [2.45, 2.75) is 183 Å². The van der Waals surface area contributed by atoms with Crippen LogP contribution in [0.5, 0.6) is 0 Å². The van der Waals surface area contributed by atoms with E-state index in [1.54, 1.807) is 0 Å². The van der Waals surface area contributed by atoms with Gasteiger partial charge in [0.2, 0.25) is 0 Å². The highest BCUT2D eigenvalue weighted by molar-refractivity contribution is 7.00. The molecule has 0 fully saturated rings. The first-order chi connectivity index (χ1) is 52.5. The molecule has 0 saturated carbocycles. The molecule has 0 unspecified atom stereocenters. The second-order valence-corrected chi connectivity index (χ2v) is 39.2. The second kappa shape index (κ2) is 25.9. The smallest absolute Gasteiger partial charge is 0.252 e. The summed E-state index contributed by atoms with van der Waals surface area (Å²) in [5, 5.41) is 4.94. The zero-order valence-corrected chi connectivity index (χ0v) is 69.3. The summed E-state index contributed by atoms with van der Waals surface area (Å²) in [4.78, 5) is 5.50. The molecule has 15 aromatic rings. The number of rotatable bonds is 8. The predicted octanol–water partition coefficient (Wildman–Crippen LogP) is 27.7. The van der Waals surface area contributed by atoms with Crippen LogP contribution >= 0.6 is 0 Å². The fraction of sp³-hybridized carbons (Fsp3) is 0.264. The summed E-state index contributed by atoms with van der Waals surface area (Å²) < 4.78 is 5.04. The molecule has 4 heterocycles. The van der Waals surface area contributed by atoms with Gasteiger partial charge in [-0.15, -0.1) is 0 Å². The number of nitrogens with zero attached hydrogens (tertiary/aromatic N) is 4. The van der Waals surface area contributed by atoms with E-state index < -0.39 is 0 Å². The summed E-state index contributed by atoms with van der Waals surface area (Å²) in [5.41, 5.74) is 35.2. The summed E-state index contributed by atoms with van der Waals surface area (Å²) in [7, 11) is 0. The number of hydrogen-bond donors (Lipinski definition) is 0. The Morgan fingerprint density at radius 2 is 0.541 bits per heavy atom. The van der Waals surface area contributed by atoms with E-state index in [-0.39, 0.29) is 44.6 Å². The molecule has 2 aliphatic rings. The van der Waals surface area contributed by atoms with E-state index in [2.05, 4.69) is 431 Å². The molecule has 17 rings (SSSR count). The lowest BCUT2D eigenvalue weighted by Gasteiger charge is -2.46. The highest BCUT2D eigenvalue weighted by Gasteiger charge is 2.46. The molecule has 0 saturated heterocycles. The molecule has 5 heteroatoms. The summed E-state index contributed by atoms with van der Waals surface area (Å²) in [6.45, 7) is 49.5. The maximum atomic E-state index is 2.75. The van der Waals surface area contributed by atoms with Crippen LogP contribution in [0.15, 0.2) is 267 Å². The molecular weight excluding hydrogens is 1340 g/mol. The molecule has 0 atom stereocenters. The average Bonchev–Trinajstić information content (AvgIpc) is 0.836. The number of aromatic nitrogens is 2. The van der Waals surface area contributed by atoms with Crippen LogP contribution < -0.4 is 26.2 Å². The van der Waals surface area contributed by atoms with Crippen LogP contribution in [0.2, 0.25) is 0 Å². The fourth-order valence-electron chi connectivity index (χ4n) is 18.0. The quantitative estimate of drug-likeness (QED) is 0.141. The molecule has 0 spiro atoms. The Balaban J connectivity index is 1.06. The van der Waals surface area contributed by atoms with Gasteiger partial charge in [-0.05, 0) is 199 Å². The van der Waals surface area contributed by atoms with Gasteiger partial charge in [-0.1, -0.05) is 340 Å². The van der Waals surface area contributed by atoms with Gasteiger partial charge in [0.15, 0.2) is 0 Å². The van der Waals surface area contributed by atoms with Crippen LogP contribution in [0.4, 0.5) is 34.1 Å². The van der Waals surface area contributed by atoms with Crippen molar-refractivity contribution in [3.05, 3.63) is 306 Å². The van der Waals surface area contributed by atoms with Gasteiger partial charge in [-0.3, -0.25) is 0 Å². The SMILES string of the molecule is CC(C)(C)c1cccc(-c2ccc(-c3cc(C(C)(C)C)ccc3C(C)(C)C)cc2N2c3cc(-n4c5ccccc5c5ccccc54)ccc3B3c4ccc(-n5c6ccccc6c6ccccc65)cc4N(c4cc(-c5cc(C(C)(C)C)ccc5C(C)(C)C)ccc4-c4cccc(C(C)(C)C)c4)c4cc(C(C)(C)C)cc2c43)c1. The first-order valence-corrected chi connectivity index (χ1v) is 40.3. The summed E-state index contributed by atoms with van der Waals surface area (Å²) in [5.74, 6) is 0. The van der Waals surface area contributed by atoms with Crippen molar-refractivity contribution in [1.29, 1.82) is 0 Å². The Morgan fingerprint density at radius 1 is 0.216 bits per heavy atom. The molecule has 4 nitrogen and oxygen atoms in total. The molecule has 0 N–H and O–H groups in total. The van der Waals surface area contributed by atoms with E-state index in [9.17, 15) is 0 Å².